The molecule has 0 bridgehead atoms. The summed E-state index contributed by atoms with van der Waals surface area (Å²) in [7, 11) is 0. The van der Waals surface area contributed by atoms with Crippen molar-refractivity contribution < 1.29 is 9.53 Å². The first-order valence-electron chi connectivity index (χ1n) is 7.86. The SMILES string of the molecule is O=C(NCc1ccccc1Cl)c1cccc(OCc2cccnc2)c1. The maximum atomic E-state index is 12.3. The highest BCUT2D eigenvalue weighted by atomic mass is 35.5. The Bertz CT molecular complexity index is 853. The van der Waals surface area contributed by atoms with Crippen molar-refractivity contribution in [3.05, 3.63) is 94.8 Å². The molecule has 3 rings (SSSR count). The number of rotatable bonds is 6. The van der Waals surface area contributed by atoms with Gasteiger partial charge in [0, 0.05) is 35.1 Å². The maximum Gasteiger partial charge on any atom is 0.251 e. The lowest BCUT2D eigenvalue weighted by Gasteiger charge is -2.09. The normalized spacial score (nSPS) is 10.3. The number of amides is 1. The maximum absolute atomic E-state index is 12.3. The van der Waals surface area contributed by atoms with Gasteiger partial charge in [0.15, 0.2) is 0 Å². The molecule has 0 spiro atoms. The molecular weight excluding hydrogens is 336 g/mol. The number of hydrogen-bond acceptors (Lipinski definition) is 3. The van der Waals surface area contributed by atoms with Crippen LogP contribution in [0.1, 0.15) is 21.5 Å². The van der Waals surface area contributed by atoms with Crippen molar-refractivity contribution in [2.45, 2.75) is 13.2 Å². The van der Waals surface area contributed by atoms with Gasteiger partial charge in [-0.1, -0.05) is 41.9 Å². The quantitative estimate of drug-likeness (QED) is 0.721. The Morgan fingerprint density at radius 2 is 1.96 bits per heavy atom. The molecular formula is C20H17ClN2O2. The second kappa shape index (κ2) is 8.31. The van der Waals surface area contributed by atoms with Crippen molar-refractivity contribution in [1.29, 1.82) is 0 Å². The fraction of sp³-hybridized carbons (Fsp3) is 0.100. The van der Waals surface area contributed by atoms with Crippen LogP contribution in [0, 0.1) is 0 Å². The van der Waals surface area contributed by atoms with Gasteiger partial charge in [-0.25, -0.2) is 0 Å². The number of hydrogen-bond donors (Lipinski definition) is 1. The molecule has 3 aromatic rings. The van der Waals surface area contributed by atoms with Crippen LogP contribution in [0.5, 0.6) is 5.75 Å². The van der Waals surface area contributed by atoms with E-state index in [0.29, 0.717) is 29.5 Å². The van der Waals surface area contributed by atoms with Crippen molar-refractivity contribution in [3.8, 4) is 5.75 Å². The number of benzene rings is 2. The minimum absolute atomic E-state index is 0.174. The molecule has 0 unspecified atom stereocenters. The molecule has 0 saturated heterocycles. The van der Waals surface area contributed by atoms with Gasteiger partial charge in [-0.15, -0.1) is 0 Å². The van der Waals surface area contributed by atoms with E-state index in [1.165, 1.54) is 0 Å². The van der Waals surface area contributed by atoms with Gasteiger partial charge in [0.25, 0.3) is 5.91 Å². The molecule has 0 fully saturated rings. The van der Waals surface area contributed by atoms with E-state index in [2.05, 4.69) is 10.3 Å². The number of ether oxygens (including phenoxy) is 1. The highest BCUT2D eigenvalue weighted by molar-refractivity contribution is 6.31. The smallest absolute Gasteiger partial charge is 0.251 e. The summed E-state index contributed by atoms with van der Waals surface area (Å²) in [6.45, 7) is 0.776. The number of carbonyl (C=O) groups excluding carboxylic acids is 1. The zero-order valence-electron chi connectivity index (χ0n) is 13.5. The number of nitrogens with one attached hydrogen (secondary N) is 1. The zero-order valence-corrected chi connectivity index (χ0v) is 14.2. The van der Waals surface area contributed by atoms with Crippen LogP contribution in [0.4, 0.5) is 0 Å². The fourth-order valence-corrected chi connectivity index (χ4v) is 2.50. The predicted octanol–water partition coefficient (Wildman–Crippen LogP) is 4.24. The molecule has 0 radical (unpaired) electrons. The molecule has 0 saturated carbocycles. The Labute approximate surface area is 151 Å². The van der Waals surface area contributed by atoms with Crippen molar-refractivity contribution in [3.63, 3.8) is 0 Å². The van der Waals surface area contributed by atoms with Gasteiger partial charge in [0.1, 0.15) is 12.4 Å². The summed E-state index contributed by atoms with van der Waals surface area (Å²) in [4.78, 5) is 16.4. The largest absolute Gasteiger partial charge is 0.489 e. The first kappa shape index (κ1) is 17.0. The monoisotopic (exact) mass is 352 g/mol. The summed E-state index contributed by atoms with van der Waals surface area (Å²) >= 11 is 6.10. The van der Waals surface area contributed by atoms with E-state index in [9.17, 15) is 4.79 Å². The summed E-state index contributed by atoms with van der Waals surface area (Å²) in [5.41, 5.74) is 2.38. The molecule has 25 heavy (non-hydrogen) atoms. The van der Waals surface area contributed by atoms with Gasteiger partial charge in [0.2, 0.25) is 0 Å². The number of nitrogens with zero attached hydrogens (tertiary/aromatic N) is 1. The van der Waals surface area contributed by atoms with Crippen molar-refractivity contribution in [2.24, 2.45) is 0 Å². The van der Waals surface area contributed by atoms with Crippen LogP contribution in [0.15, 0.2) is 73.1 Å². The standard InChI is InChI=1S/C20H17ClN2O2/c21-19-9-2-1-6-17(19)13-23-20(24)16-7-3-8-18(11-16)25-14-15-5-4-10-22-12-15/h1-12H,13-14H2,(H,23,24). The third-order valence-electron chi connectivity index (χ3n) is 3.62. The van der Waals surface area contributed by atoms with E-state index in [1.807, 2.05) is 36.4 Å². The summed E-state index contributed by atoms with van der Waals surface area (Å²) in [6.07, 6.45) is 3.47. The predicted molar refractivity (Wildman–Crippen MR) is 97.6 cm³/mol. The number of aromatic nitrogens is 1. The van der Waals surface area contributed by atoms with Gasteiger partial charge < -0.3 is 10.1 Å². The molecule has 1 heterocycles. The molecule has 0 aliphatic carbocycles. The van der Waals surface area contributed by atoms with E-state index >= 15 is 0 Å². The summed E-state index contributed by atoms with van der Waals surface area (Å²) in [6, 6.07) is 18.3. The van der Waals surface area contributed by atoms with Crippen LogP contribution in [0.2, 0.25) is 5.02 Å². The average molecular weight is 353 g/mol. The molecule has 1 N–H and O–H groups in total. The lowest BCUT2D eigenvalue weighted by atomic mass is 10.2. The second-order valence-corrected chi connectivity index (χ2v) is 5.86. The third kappa shape index (κ3) is 4.81. The van der Waals surface area contributed by atoms with Crippen LogP contribution in [-0.4, -0.2) is 10.9 Å². The van der Waals surface area contributed by atoms with E-state index in [-0.39, 0.29) is 5.91 Å². The Kier molecular flexibility index (Phi) is 5.65. The molecule has 1 aromatic heterocycles. The van der Waals surface area contributed by atoms with Crippen molar-refractivity contribution in [1.82, 2.24) is 10.3 Å². The van der Waals surface area contributed by atoms with Gasteiger partial charge in [-0.05, 0) is 35.9 Å². The third-order valence-corrected chi connectivity index (χ3v) is 3.99. The van der Waals surface area contributed by atoms with Gasteiger partial charge >= 0.3 is 0 Å². The highest BCUT2D eigenvalue weighted by Crippen LogP contribution is 2.17. The molecule has 0 aliphatic rings. The topological polar surface area (TPSA) is 51.2 Å². The molecule has 0 atom stereocenters. The Morgan fingerprint density at radius 1 is 1.08 bits per heavy atom. The lowest BCUT2D eigenvalue weighted by molar-refractivity contribution is 0.0950. The average Bonchev–Trinajstić information content (AvgIpc) is 2.66. The van der Waals surface area contributed by atoms with Crippen LogP contribution in [-0.2, 0) is 13.2 Å². The first-order valence-corrected chi connectivity index (χ1v) is 8.23. The molecule has 0 aliphatic heterocycles. The number of carbonyl (C=O) groups is 1. The lowest BCUT2D eigenvalue weighted by Crippen LogP contribution is -2.22. The second-order valence-electron chi connectivity index (χ2n) is 5.45. The van der Waals surface area contributed by atoms with Crippen LogP contribution in [0.3, 0.4) is 0 Å². The summed E-state index contributed by atoms with van der Waals surface area (Å²) in [5, 5.41) is 3.50. The van der Waals surface area contributed by atoms with Crippen molar-refractivity contribution in [2.75, 3.05) is 0 Å². The van der Waals surface area contributed by atoms with Crippen LogP contribution < -0.4 is 10.1 Å². The Morgan fingerprint density at radius 3 is 2.76 bits per heavy atom. The van der Waals surface area contributed by atoms with E-state index < -0.39 is 0 Å². The minimum atomic E-state index is -0.174. The van der Waals surface area contributed by atoms with E-state index in [1.54, 1.807) is 36.7 Å². The highest BCUT2D eigenvalue weighted by Gasteiger charge is 2.08. The fourth-order valence-electron chi connectivity index (χ4n) is 2.30. The Balaban J connectivity index is 1.60. The van der Waals surface area contributed by atoms with E-state index in [4.69, 9.17) is 16.3 Å². The molecule has 126 valence electrons. The molecule has 1 amide bonds. The summed E-state index contributed by atoms with van der Waals surface area (Å²) in [5.74, 6) is 0.459. The van der Waals surface area contributed by atoms with Gasteiger partial charge in [-0.3, -0.25) is 9.78 Å². The van der Waals surface area contributed by atoms with Gasteiger partial charge in [0.05, 0.1) is 0 Å². The Hall–Kier alpha value is -2.85. The number of pyridine rings is 1. The number of halogens is 1. The first-order chi connectivity index (χ1) is 12.2. The zero-order chi connectivity index (χ0) is 17.5. The van der Waals surface area contributed by atoms with Crippen LogP contribution >= 0.6 is 11.6 Å². The van der Waals surface area contributed by atoms with Gasteiger partial charge in [-0.2, -0.15) is 0 Å². The molecule has 5 heteroatoms. The summed E-state index contributed by atoms with van der Waals surface area (Å²) < 4.78 is 5.72. The molecule has 2 aromatic carbocycles. The van der Waals surface area contributed by atoms with Crippen LogP contribution in [0.25, 0.3) is 0 Å². The van der Waals surface area contributed by atoms with Crippen molar-refractivity contribution >= 4 is 17.5 Å². The van der Waals surface area contributed by atoms with E-state index in [0.717, 1.165) is 11.1 Å². The molecule has 4 nitrogen and oxygen atoms in total. The minimum Gasteiger partial charge on any atom is -0.489 e.